The number of aryl methyl sites for hydroxylation is 1. The lowest BCUT2D eigenvalue weighted by Gasteiger charge is -2.20. The maximum atomic E-state index is 12.0. The first-order chi connectivity index (χ1) is 9.27. The van der Waals surface area contributed by atoms with Gasteiger partial charge in [-0.25, -0.2) is 0 Å². The van der Waals surface area contributed by atoms with Crippen LogP contribution in [-0.4, -0.2) is 51.8 Å². The number of nitrogens with one attached hydrogen (secondary N) is 1. The van der Waals surface area contributed by atoms with E-state index in [0.29, 0.717) is 6.54 Å². The minimum atomic E-state index is 0.222. The molecule has 19 heavy (non-hydrogen) atoms. The average Bonchev–Trinajstić information content (AvgIpc) is 2.68. The van der Waals surface area contributed by atoms with E-state index in [9.17, 15) is 4.79 Å². The van der Waals surface area contributed by atoms with Gasteiger partial charge in [-0.1, -0.05) is 12.8 Å². The molecule has 1 aliphatic rings. The molecule has 1 saturated heterocycles. The predicted molar refractivity (Wildman–Crippen MR) is 72.6 cm³/mol. The Kier molecular flexibility index (Phi) is 5.32. The topological polar surface area (TPSA) is 63.1 Å². The van der Waals surface area contributed by atoms with Crippen molar-refractivity contribution in [3.05, 3.63) is 12.2 Å². The maximum Gasteiger partial charge on any atom is 0.236 e. The number of nitrogens with zero attached hydrogens (tertiary/aromatic N) is 4. The molecule has 1 aromatic rings. The van der Waals surface area contributed by atoms with E-state index in [1.165, 1.54) is 12.8 Å². The summed E-state index contributed by atoms with van der Waals surface area (Å²) < 4.78 is 1.90. The lowest BCUT2D eigenvalue weighted by atomic mass is 10.2. The number of hydrogen-bond donors (Lipinski definition) is 1. The molecule has 1 fully saturated rings. The summed E-state index contributed by atoms with van der Waals surface area (Å²) in [5.41, 5.74) is 0. The summed E-state index contributed by atoms with van der Waals surface area (Å²) in [5, 5.41) is 11.0. The fraction of sp³-hybridized carbons (Fsp3) is 0.769. The first-order valence-corrected chi connectivity index (χ1v) is 7.09. The van der Waals surface area contributed by atoms with Crippen LogP contribution in [0.5, 0.6) is 0 Å². The minimum Gasteiger partial charge on any atom is -0.342 e. The van der Waals surface area contributed by atoms with E-state index in [4.69, 9.17) is 0 Å². The quantitative estimate of drug-likeness (QED) is 0.780. The van der Waals surface area contributed by atoms with Crippen LogP contribution in [0.4, 0.5) is 0 Å². The molecule has 0 aliphatic carbocycles. The van der Waals surface area contributed by atoms with Crippen LogP contribution in [0.15, 0.2) is 6.33 Å². The molecule has 1 aromatic heterocycles. The van der Waals surface area contributed by atoms with Crippen molar-refractivity contribution in [2.24, 2.45) is 7.05 Å². The summed E-state index contributed by atoms with van der Waals surface area (Å²) in [4.78, 5) is 14.0. The highest BCUT2D eigenvalue weighted by Crippen LogP contribution is 2.09. The van der Waals surface area contributed by atoms with Crippen LogP contribution in [0.25, 0.3) is 0 Å². The second kappa shape index (κ2) is 7.23. The van der Waals surface area contributed by atoms with Crippen molar-refractivity contribution >= 4 is 5.91 Å². The molecule has 0 bridgehead atoms. The van der Waals surface area contributed by atoms with Crippen molar-refractivity contribution in [1.29, 1.82) is 0 Å². The van der Waals surface area contributed by atoms with Crippen molar-refractivity contribution in [3.8, 4) is 0 Å². The molecule has 2 heterocycles. The Labute approximate surface area is 114 Å². The predicted octanol–water partition coefficient (Wildman–Crippen LogP) is 0.350. The summed E-state index contributed by atoms with van der Waals surface area (Å²) in [6.45, 7) is 3.03. The molecule has 1 amide bonds. The Morgan fingerprint density at radius 2 is 2.05 bits per heavy atom. The first kappa shape index (κ1) is 14.0. The molecule has 0 radical (unpaired) electrons. The third-order valence-electron chi connectivity index (χ3n) is 3.57. The first-order valence-electron chi connectivity index (χ1n) is 7.09. The normalized spacial score (nSPS) is 16.4. The van der Waals surface area contributed by atoms with Gasteiger partial charge in [0, 0.05) is 33.1 Å². The van der Waals surface area contributed by atoms with Gasteiger partial charge in [-0.15, -0.1) is 10.2 Å². The summed E-state index contributed by atoms with van der Waals surface area (Å²) in [7, 11) is 1.93. The summed E-state index contributed by atoms with van der Waals surface area (Å²) in [6, 6.07) is 0. The zero-order valence-electron chi connectivity index (χ0n) is 11.6. The molecule has 0 unspecified atom stereocenters. The van der Waals surface area contributed by atoms with E-state index < -0.39 is 0 Å². The Balaban J connectivity index is 1.64. The number of rotatable bonds is 5. The van der Waals surface area contributed by atoms with Gasteiger partial charge < -0.3 is 14.8 Å². The van der Waals surface area contributed by atoms with Crippen molar-refractivity contribution in [1.82, 2.24) is 25.0 Å². The number of carbonyl (C=O) groups is 1. The van der Waals surface area contributed by atoms with E-state index in [2.05, 4.69) is 15.5 Å². The Morgan fingerprint density at radius 1 is 1.32 bits per heavy atom. The summed E-state index contributed by atoms with van der Waals surface area (Å²) >= 11 is 0. The van der Waals surface area contributed by atoms with Crippen LogP contribution in [0.1, 0.15) is 31.5 Å². The van der Waals surface area contributed by atoms with Crippen LogP contribution < -0.4 is 5.32 Å². The van der Waals surface area contributed by atoms with Crippen LogP contribution in [0.3, 0.4) is 0 Å². The fourth-order valence-corrected chi connectivity index (χ4v) is 2.36. The zero-order valence-corrected chi connectivity index (χ0v) is 11.6. The molecular formula is C13H23N5O. The van der Waals surface area contributed by atoms with Gasteiger partial charge in [-0.3, -0.25) is 4.79 Å². The third kappa shape index (κ3) is 4.31. The van der Waals surface area contributed by atoms with Crippen molar-refractivity contribution < 1.29 is 4.79 Å². The van der Waals surface area contributed by atoms with Gasteiger partial charge in [0.05, 0.1) is 6.54 Å². The van der Waals surface area contributed by atoms with Crippen LogP contribution in [0, 0.1) is 0 Å². The molecule has 0 spiro atoms. The molecule has 1 aliphatic heterocycles. The highest BCUT2D eigenvalue weighted by Gasteiger charge is 2.14. The van der Waals surface area contributed by atoms with E-state index in [1.807, 2.05) is 16.5 Å². The Morgan fingerprint density at radius 3 is 2.68 bits per heavy atom. The SMILES string of the molecule is Cn1cnnc1CCNCC(=O)N1CCCCCC1. The second-order valence-corrected chi connectivity index (χ2v) is 5.08. The molecule has 6 nitrogen and oxygen atoms in total. The molecule has 6 heteroatoms. The number of carbonyl (C=O) groups excluding carboxylic acids is 1. The summed E-state index contributed by atoms with van der Waals surface area (Å²) in [6.07, 6.45) is 7.28. The van der Waals surface area contributed by atoms with E-state index in [1.54, 1.807) is 6.33 Å². The van der Waals surface area contributed by atoms with Gasteiger partial charge in [0.1, 0.15) is 12.2 Å². The monoisotopic (exact) mass is 265 g/mol. The molecule has 1 N–H and O–H groups in total. The largest absolute Gasteiger partial charge is 0.342 e. The van der Waals surface area contributed by atoms with Crippen molar-refractivity contribution in [2.45, 2.75) is 32.1 Å². The van der Waals surface area contributed by atoms with Crippen molar-refractivity contribution in [3.63, 3.8) is 0 Å². The number of amides is 1. The van der Waals surface area contributed by atoms with Gasteiger partial charge in [0.2, 0.25) is 5.91 Å². The van der Waals surface area contributed by atoms with E-state index >= 15 is 0 Å². The standard InChI is InChI=1S/C13H23N5O/c1-17-11-15-16-12(17)6-7-14-10-13(19)18-8-4-2-3-5-9-18/h11,14H,2-10H2,1H3. The molecule has 0 atom stereocenters. The highest BCUT2D eigenvalue weighted by atomic mass is 16.2. The van der Waals surface area contributed by atoms with Gasteiger partial charge in [0.15, 0.2) is 0 Å². The van der Waals surface area contributed by atoms with Gasteiger partial charge in [-0.05, 0) is 12.8 Å². The highest BCUT2D eigenvalue weighted by molar-refractivity contribution is 5.78. The van der Waals surface area contributed by atoms with E-state index in [0.717, 1.165) is 44.7 Å². The zero-order chi connectivity index (χ0) is 13.5. The lowest BCUT2D eigenvalue weighted by Crippen LogP contribution is -2.39. The second-order valence-electron chi connectivity index (χ2n) is 5.08. The van der Waals surface area contributed by atoms with Gasteiger partial charge in [-0.2, -0.15) is 0 Å². The number of hydrogen-bond acceptors (Lipinski definition) is 4. The molecule has 106 valence electrons. The summed E-state index contributed by atoms with van der Waals surface area (Å²) in [5.74, 6) is 1.16. The van der Waals surface area contributed by atoms with Crippen LogP contribution >= 0.6 is 0 Å². The molecule has 0 aromatic carbocycles. The third-order valence-corrected chi connectivity index (χ3v) is 3.57. The average molecular weight is 265 g/mol. The van der Waals surface area contributed by atoms with Gasteiger partial charge >= 0.3 is 0 Å². The van der Waals surface area contributed by atoms with Gasteiger partial charge in [0.25, 0.3) is 0 Å². The van der Waals surface area contributed by atoms with Crippen LogP contribution in [-0.2, 0) is 18.3 Å². The van der Waals surface area contributed by atoms with Crippen molar-refractivity contribution in [2.75, 3.05) is 26.2 Å². The molecule has 0 saturated carbocycles. The fourth-order valence-electron chi connectivity index (χ4n) is 2.36. The molecule has 2 rings (SSSR count). The van der Waals surface area contributed by atoms with E-state index in [-0.39, 0.29) is 5.91 Å². The molecular weight excluding hydrogens is 242 g/mol. The Bertz CT molecular complexity index is 395. The van der Waals surface area contributed by atoms with Crippen LogP contribution in [0.2, 0.25) is 0 Å². The minimum absolute atomic E-state index is 0.222. The number of aromatic nitrogens is 3. The number of likely N-dealkylation sites (tertiary alicyclic amines) is 1. The lowest BCUT2D eigenvalue weighted by molar-refractivity contribution is -0.130. The maximum absolute atomic E-state index is 12.0. The Hall–Kier alpha value is -1.43. The smallest absolute Gasteiger partial charge is 0.236 e.